The minimum absolute atomic E-state index is 0.0657. The fourth-order valence-corrected chi connectivity index (χ4v) is 2.23. The second-order valence-electron chi connectivity index (χ2n) is 4.80. The van der Waals surface area contributed by atoms with E-state index in [1.165, 1.54) is 0 Å². The van der Waals surface area contributed by atoms with Crippen LogP contribution in [0, 0.1) is 5.92 Å². The largest absolute Gasteiger partial charge is 0.378 e. The molecular formula is C11H21NO3. The van der Waals surface area contributed by atoms with Gasteiger partial charge >= 0.3 is 0 Å². The number of ether oxygens (including phenoxy) is 3. The lowest BCUT2D eigenvalue weighted by atomic mass is 9.94. The van der Waals surface area contributed by atoms with Crippen LogP contribution in [0.1, 0.15) is 26.7 Å². The summed E-state index contributed by atoms with van der Waals surface area (Å²) >= 11 is 0. The van der Waals surface area contributed by atoms with Crippen LogP contribution in [-0.2, 0) is 14.2 Å². The molecule has 4 nitrogen and oxygen atoms in total. The zero-order chi connectivity index (χ0) is 10.9. The van der Waals surface area contributed by atoms with Crippen LogP contribution in [0.4, 0.5) is 0 Å². The summed E-state index contributed by atoms with van der Waals surface area (Å²) in [4.78, 5) is 0. The molecule has 0 aromatic rings. The quantitative estimate of drug-likeness (QED) is 0.743. The van der Waals surface area contributed by atoms with Gasteiger partial charge in [-0.1, -0.05) is 13.8 Å². The van der Waals surface area contributed by atoms with Crippen molar-refractivity contribution in [3.05, 3.63) is 0 Å². The molecule has 0 aromatic carbocycles. The predicted octanol–water partition coefficient (Wildman–Crippen LogP) is 0.892. The van der Waals surface area contributed by atoms with Gasteiger partial charge in [-0.05, 0) is 5.92 Å². The van der Waals surface area contributed by atoms with Gasteiger partial charge in [0.05, 0.1) is 25.4 Å². The maximum Gasteiger partial charge on any atom is 0.173 e. The van der Waals surface area contributed by atoms with Crippen LogP contribution in [0.25, 0.3) is 0 Å². The second-order valence-corrected chi connectivity index (χ2v) is 4.80. The number of rotatable bonds is 2. The maximum absolute atomic E-state index is 5.89. The summed E-state index contributed by atoms with van der Waals surface area (Å²) in [6, 6.07) is 0. The molecule has 15 heavy (non-hydrogen) atoms. The third-order valence-corrected chi connectivity index (χ3v) is 3.25. The zero-order valence-electron chi connectivity index (χ0n) is 9.57. The first-order chi connectivity index (χ1) is 7.15. The van der Waals surface area contributed by atoms with E-state index in [0.717, 1.165) is 19.4 Å². The van der Waals surface area contributed by atoms with Gasteiger partial charge in [-0.15, -0.1) is 0 Å². The highest BCUT2D eigenvalue weighted by atomic mass is 16.7. The van der Waals surface area contributed by atoms with Crippen LogP contribution in [0.5, 0.6) is 0 Å². The van der Waals surface area contributed by atoms with Crippen LogP contribution in [0.2, 0.25) is 0 Å². The molecule has 2 rings (SSSR count). The number of nitrogens with two attached hydrogens (primary N) is 1. The first-order valence-electron chi connectivity index (χ1n) is 5.79. The van der Waals surface area contributed by atoms with E-state index in [1.807, 2.05) is 0 Å². The first kappa shape index (κ1) is 11.3. The van der Waals surface area contributed by atoms with Crippen LogP contribution in [0.15, 0.2) is 0 Å². The van der Waals surface area contributed by atoms with Crippen molar-refractivity contribution < 1.29 is 14.2 Å². The van der Waals surface area contributed by atoms with E-state index in [2.05, 4.69) is 13.8 Å². The Hall–Kier alpha value is -0.160. The maximum atomic E-state index is 5.89. The molecule has 1 spiro atoms. The lowest BCUT2D eigenvalue weighted by molar-refractivity contribution is -0.232. The molecular weight excluding hydrogens is 194 g/mol. The summed E-state index contributed by atoms with van der Waals surface area (Å²) < 4.78 is 17.4. The molecule has 0 amide bonds. The molecule has 4 heteroatoms. The number of hydrogen-bond donors (Lipinski definition) is 1. The lowest BCUT2D eigenvalue weighted by Gasteiger charge is -2.38. The molecule has 0 saturated carbocycles. The van der Waals surface area contributed by atoms with Crippen LogP contribution in [-0.4, -0.2) is 37.8 Å². The third-order valence-electron chi connectivity index (χ3n) is 3.25. The van der Waals surface area contributed by atoms with Gasteiger partial charge in [0.15, 0.2) is 5.79 Å². The van der Waals surface area contributed by atoms with E-state index >= 15 is 0 Å². The highest BCUT2D eigenvalue weighted by Gasteiger charge is 2.45. The van der Waals surface area contributed by atoms with E-state index in [0.29, 0.717) is 19.1 Å². The van der Waals surface area contributed by atoms with Crippen molar-refractivity contribution in [2.24, 2.45) is 11.7 Å². The average molecular weight is 215 g/mol. The van der Waals surface area contributed by atoms with E-state index in [4.69, 9.17) is 19.9 Å². The van der Waals surface area contributed by atoms with Gasteiger partial charge < -0.3 is 19.9 Å². The highest BCUT2D eigenvalue weighted by molar-refractivity contribution is 4.86. The summed E-state index contributed by atoms with van der Waals surface area (Å²) in [6.45, 7) is 6.22. The van der Waals surface area contributed by atoms with Crippen molar-refractivity contribution in [2.45, 2.75) is 44.7 Å². The van der Waals surface area contributed by atoms with Crippen LogP contribution < -0.4 is 5.73 Å². The summed E-state index contributed by atoms with van der Waals surface area (Å²) in [5.74, 6) is 0.100. The van der Waals surface area contributed by atoms with Gasteiger partial charge in [0.25, 0.3) is 0 Å². The summed E-state index contributed by atoms with van der Waals surface area (Å²) in [5.41, 5.74) is 5.58. The molecule has 2 aliphatic rings. The number of hydrogen-bond acceptors (Lipinski definition) is 4. The SMILES string of the molecule is CC(C)C1CC2(CCO1)OCC(CN)O2. The molecule has 0 aliphatic carbocycles. The van der Waals surface area contributed by atoms with Gasteiger partial charge in [-0.25, -0.2) is 0 Å². The van der Waals surface area contributed by atoms with Crippen molar-refractivity contribution in [2.75, 3.05) is 19.8 Å². The summed E-state index contributed by atoms with van der Waals surface area (Å²) in [7, 11) is 0. The van der Waals surface area contributed by atoms with Crippen molar-refractivity contribution in [1.29, 1.82) is 0 Å². The minimum atomic E-state index is -0.406. The van der Waals surface area contributed by atoms with E-state index in [-0.39, 0.29) is 12.2 Å². The molecule has 3 atom stereocenters. The second kappa shape index (κ2) is 4.37. The highest BCUT2D eigenvalue weighted by Crippen LogP contribution is 2.37. The normalized spacial score (nSPS) is 41.6. The Bertz CT molecular complexity index is 222. The van der Waals surface area contributed by atoms with Gasteiger partial charge in [0.1, 0.15) is 0 Å². The zero-order valence-corrected chi connectivity index (χ0v) is 9.57. The van der Waals surface area contributed by atoms with E-state index in [1.54, 1.807) is 0 Å². The summed E-state index contributed by atoms with van der Waals surface area (Å²) in [6.07, 6.45) is 1.97. The molecule has 2 N–H and O–H groups in total. The fraction of sp³-hybridized carbons (Fsp3) is 1.00. The molecule has 0 radical (unpaired) electrons. The predicted molar refractivity (Wildman–Crippen MR) is 56.4 cm³/mol. The smallest absolute Gasteiger partial charge is 0.173 e. The summed E-state index contributed by atoms with van der Waals surface area (Å²) in [5, 5.41) is 0. The van der Waals surface area contributed by atoms with Gasteiger partial charge in [-0.2, -0.15) is 0 Å². The van der Waals surface area contributed by atoms with E-state index < -0.39 is 5.79 Å². The fourth-order valence-electron chi connectivity index (χ4n) is 2.23. The Labute approximate surface area is 91.1 Å². The van der Waals surface area contributed by atoms with E-state index in [9.17, 15) is 0 Å². The molecule has 2 heterocycles. The average Bonchev–Trinajstić information content (AvgIpc) is 2.61. The van der Waals surface area contributed by atoms with Crippen molar-refractivity contribution in [3.8, 4) is 0 Å². The Morgan fingerprint density at radius 3 is 2.87 bits per heavy atom. The van der Waals surface area contributed by atoms with Crippen molar-refractivity contribution >= 4 is 0 Å². The molecule has 2 aliphatic heterocycles. The van der Waals surface area contributed by atoms with Gasteiger partial charge in [-0.3, -0.25) is 0 Å². The molecule has 0 aromatic heterocycles. The van der Waals surface area contributed by atoms with Crippen LogP contribution in [0.3, 0.4) is 0 Å². The Morgan fingerprint density at radius 1 is 1.47 bits per heavy atom. The van der Waals surface area contributed by atoms with Gasteiger partial charge in [0.2, 0.25) is 0 Å². The Balaban J connectivity index is 1.97. The molecule has 88 valence electrons. The molecule has 0 bridgehead atoms. The van der Waals surface area contributed by atoms with Crippen molar-refractivity contribution in [3.63, 3.8) is 0 Å². The topological polar surface area (TPSA) is 53.7 Å². The standard InChI is InChI=1S/C11H21NO3/c1-8(2)10-5-11(3-4-13-10)14-7-9(6-12)15-11/h8-10H,3-7,12H2,1-2H3. The Kier molecular flexibility index (Phi) is 3.30. The Morgan fingerprint density at radius 2 is 2.27 bits per heavy atom. The minimum Gasteiger partial charge on any atom is -0.378 e. The molecule has 2 saturated heterocycles. The molecule has 3 unspecified atom stereocenters. The first-order valence-corrected chi connectivity index (χ1v) is 5.79. The van der Waals surface area contributed by atoms with Crippen molar-refractivity contribution in [1.82, 2.24) is 0 Å². The van der Waals surface area contributed by atoms with Gasteiger partial charge in [0, 0.05) is 19.4 Å². The molecule has 2 fully saturated rings. The lowest BCUT2D eigenvalue weighted by Crippen LogP contribution is -2.44. The third kappa shape index (κ3) is 2.33. The monoisotopic (exact) mass is 215 g/mol. The van der Waals surface area contributed by atoms with Crippen LogP contribution >= 0.6 is 0 Å².